The van der Waals surface area contributed by atoms with Gasteiger partial charge in [0.15, 0.2) is 0 Å². The first-order chi connectivity index (χ1) is 6.02. The lowest BCUT2D eigenvalue weighted by molar-refractivity contribution is 0.177. The van der Waals surface area contributed by atoms with Crippen LogP contribution in [0.2, 0.25) is 0 Å². The fourth-order valence-corrected chi connectivity index (χ4v) is 1.26. The average Bonchev–Trinajstić information content (AvgIpc) is 2.08. The number of halogens is 2. The molecule has 0 amide bonds. The summed E-state index contributed by atoms with van der Waals surface area (Å²) in [4.78, 5) is 0. The number of aliphatic hydroxyl groups is 1. The van der Waals surface area contributed by atoms with Gasteiger partial charge in [-0.15, -0.1) is 11.6 Å². The van der Waals surface area contributed by atoms with Crippen LogP contribution in [0.25, 0.3) is 0 Å². The van der Waals surface area contributed by atoms with Gasteiger partial charge in [-0.05, 0) is 31.0 Å². The van der Waals surface area contributed by atoms with Crippen molar-refractivity contribution in [2.45, 2.75) is 25.3 Å². The molecule has 0 aromatic heterocycles. The summed E-state index contributed by atoms with van der Waals surface area (Å²) >= 11 is 5.71. The van der Waals surface area contributed by atoms with Gasteiger partial charge >= 0.3 is 0 Å². The quantitative estimate of drug-likeness (QED) is 0.732. The summed E-state index contributed by atoms with van der Waals surface area (Å²) in [7, 11) is 0. The van der Waals surface area contributed by atoms with Crippen molar-refractivity contribution in [3.05, 3.63) is 35.1 Å². The van der Waals surface area contributed by atoms with Crippen molar-refractivity contribution in [3.63, 3.8) is 0 Å². The average molecular weight is 203 g/mol. The summed E-state index contributed by atoms with van der Waals surface area (Å²) in [5.74, 6) is -0.266. The number of alkyl halides is 1. The van der Waals surface area contributed by atoms with E-state index in [9.17, 15) is 9.50 Å². The summed E-state index contributed by atoms with van der Waals surface area (Å²) in [5.41, 5.74) is 1.18. The van der Waals surface area contributed by atoms with Crippen molar-refractivity contribution < 1.29 is 9.50 Å². The zero-order valence-electron chi connectivity index (χ0n) is 7.59. The second kappa shape index (κ2) is 4.07. The molecule has 0 aliphatic carbocycles. The lowest BCUT2D eigenvalue weighted by atomic mass is 10.0. The van der Waals surface area contributed by atoms with Crippen molar-refractivity contribution in [2.24, 2.45) is 0 Å². The van der Waals surface area contributed by atoms with Crippen LogP contribution < -0.4 is 0 Å². The summed E-state index contributed by atoms with van der Waals surface area (Å²) < 4.78 is 12.8. The molecule has 0 heterocycles. The number of aliphatic hydroxyl groups excluding tert-OH is 1. The van der Waals surface area contributed by atoms with Crippen molar-refractivity contribution in [2.75, 3.05) is 0 Å². The Hall–Kier alpha value is -0.600. The van der Waals surface area contributed by atoms with Gasteiger partial charge in [0.2, 0.25) is 0 Å². The Morgan fingerprint density at radius 1 is 1.46 bits per heavy atom. The molecule has 72 valence electrons. The van der Waals surface area contributed by atoms with Crippen LogP contribution in [-0.2, 0) is 0 Å². The standard InChI is InChI=1S/C10H12ClFO/c1-6-5-8(3-4-9(6)12)10(13)7(2)11/h3-5,7,10,13H,1-2H3. The highest BCUT2D eigenvalue weighted by molar-refractivity contribution is 6.20. The molecule has 3 heteroatoms. The van der Waals surface area contributed by atoms with Crippen molar-refractivity contribution >= 4 is 11.6 Å². The minimum absolute atomic E-state index is 0.266. The molecule has 0 saturated heterocycles. The van der Waals surface area contributed by atoms with Gasteiger partial charge in [0.25, 0.3) is 0 Å². The first-order valence-corrected chi connectivity index (χ1v) is 4.54. The minimum Gasteiger partial charge on any atom is -0.387 e. The van der Waals surface area contributed by atoms with Crippen LogP contribution in [0.3, 0.4) is 0 Å². The van der Waals surface area contributed by atoms with Gasteiger partial charge in [-0.3, -0.25) is 0 Å². The maximum atomic E-state index is 12.8. The molecule has 0 saturated carbocycles. The Bertz CT molecular complexity index is 299. The highest BCUT2D eigenvalue weighted by Gasteiger charge is 2.14. The summed E-state index contributed by atoms with van der Waals surface area (Å²) in [6.45, 7) is 3.36. The molecule has 2 atom stereocenters. The predicted octanol–water partition coefficient (Wildman–Crippen LogP) is 2.79. The van der Waals surface area contributed by atoms with Crippen LogP contribution in [0.4, 0.5) is 4.39 Å². The smallest absolute Gasteiger partial charge is 0.126 e. The van der Waals surface area contributed by atoms with E-state index >= 15 is 0 Å². The third kappa shape index (κ3) is 2.42. The Morgan fingerprint density at radius 2 is 2.08 bits per heavy atom. The lowest BCUT2D eigenvalue weighted by Gasteiger charge is -2.13. The van der Waals surface area contributed by atoms with Gasteiger partial charge in [0.1, 0.15) is 5.82 Å². The van der Waals surface area contributed by atoms with Crippen molar-refractivity contribution in [1.29, 1.82) is 0 Å². The SMILES string of the molecule is Cc1cc(C(O)C(C)Cl)ccc1F. The molecule has 1 aromatic carbocycles. The van der Waals surface area contributed by atoms with Crippen LogP contribution in [0, 0.1) is 12.7 Å². The highest BCUT2D eigenvalue weighted by Crippen LogP contribution is 2.22. The molecule has 1 aromatic rings. The fraction of sp³-hybridized carbons (Fsp3) is 0.400. The number of benzene rings is 1. The van der Waals surface area contributed by atoms with Gasteiger partial charge in [-0.2, -0.15) is 0 Å². The zero-order chi connectivity index (χ0) is 10.0. The van der Waals surface area contributed by atoms with E-state index in [2.05, 4.69) is 0 Å². The molecule has 0 spiro atoms. The Morgan fingerprint density at radius 3 is 2.54 bits per heavy atom. The molecule has 1 nitrogen and oxygen atoms in total. The number of hydrogen-bond donors (Lipinski definition) is 1. The van der Waals surface area contributed by atoms with E-state index in [-0.39, 0.29) is 11.2 Å². The molecular weight excluding hydrogens is 191 g/mol. The van der Waals surface area contributed by atoms with Gasteiger partial charge in [-0.25, -0.2) is 4.39 Å². The van der Waals surface area contributed by atoms with E-state index in [0.717, 1.165) is 0 Å². The predicted molar refractivity (Wildman–Crippen MR) is 51.4 cm³/mol. The summed E-state index contributed by atoms with van der Waals surface area (Å²) in [6, 6.07) is 4.50. The largest absolute Gasteiger partial charge is 0.387 e. The zero-order valence-corrected chi connectivity index (χ0v) is 8.35. The molecule has 0 aliphatic heterocycles. The van der Waals surface area contributed by atoms with E-state index in [4.69, 9.17) is 11.6 Å². The van der Waals surface area contributed by atoms with Crippen molar-refractivity contribution in [1.82, 2.24) is 0 Å². The molecule has 1 rings (SSSR count). The van der Waals surface area contributed by atoms with Crippen LogP contribution in [0.5, 0.6) is 0 Å². The fourth-order valence-electron chi connectivity index (χ4n) is 1.12. The number of rotatable bonds is 2. The van der Waals surface area contributed by atoms with E-state index in [1.54, 1.807) is 26.0 Å². The van der Waals surface area contributed by atoms with Crippen LogP contribution >= 0.6 is 11.6 Å². The molecule has 0 fully saturated rings. The third-order valence-electron chi connectivity index (χ3n) is 1.96. The second-order valence-electron chi connectivity index (χ2n) is 3.13. The van der Waals surface area contributed by atoms with Crippen molar-refractivity contribution in [3.8, 4) is 0 Å². The van der Waals surface area contributed by atoms with Gasteiger partial charge in [-0.1, -0.05) is 12.1 Å². The third-order valence-corrected chi connectivity index (χ3v) is 2.20. The molecule has 13 heavy (non-hydrogen) atoms. The maximum Gasteiger partial charge on any atom is 0.126 e. The maximum absolute atomic E-state index is 12.8. The first kappa shape index (κ1) is 10.5. The molecule has 1 N–H and O–H groups in total. The monoisotopic (exact) mass is 202 g/mol. The Kier molecular flexibility index (Phi) is 3.28. The molecule has 0 bridgehead atoms. The first-order valence-electron chi connectivity index (χ1n) is 4.10. The van der Waals surface area contributed by atoms with Gasteiger partial charge in [0.05, 0.1) is 11.5 Å². The topological polar surface area (TPSA) is 20.2 Å². The normalized spacial score (nSPS) is 15.5. The van der Waals surface area contributed by atoms with E-state index in [0.29, 0.717) is 11.1 Å². The molecular formula is C10H12ClFO. The number of hydrogen-bond acceptors (Lipinski definition) is 1. The number of aryl methyl sites for hydroxylation is 1. The van der Waals surface area contributed by atoms with Crippen LogP contribution in [-0.4, -0.2) is 10.5 Å². The molecule has 0 radical (unpaired) electrons. The van der Waals surface area contributed by atoms with E-state index < -0.39 is 6.10 Å². The van der Waals surface area contributed by atoms with E-state index in [1.807, 2.05) is 0 Å². The van der Waals surface area contributed by atoms with E-state index in [1.165, 1.54) is 6.07 Å². The summed E-state index contributed by atoms with van der Waals surface area (Å²) in [5, 5.41) is 9.19. The second-order valence-corrected chi connectivity index (χ2v) is 3.82. The van der Waals surface area contributed by atoms with Crippen LogP contribution in [0.15, 0.2) is 18.2 Å². The minimum atomic E-state index is -0.735. The summed E-state index contributed by atoms with van der Waals surface area (Å²) in [6.07, 6.45) is -0.735. The van der Waals surface area contributed by atoms with Crippen LogP contribution in [0.1, 0.15) is 24.2 Å². The molecule has 0 aliphatic rings. The highest BCUT2D eigenvalue weighted by atomic mass is 35.5. The Labute approximate surface area is 82.2 Å². The van der Waals surface area contributed by atoms with Gasteiger partial charge < -0.3 is 5.11 Å². The Balaban J connectivity index is 2.97. The lowest BCUT2D eigenvalue weighted by Crippen LogP contribution is -2.08. The molecule has 2 unspecified atom stereocenters. The van der Waals surface area contributed by atoms with Gasteiger partial charge in [0, 0.05) is 0 Å².